The van der Waals surface area contributed by atoms with Crippen LogP contribution in [0.1, 0.15) is 38.5 Å². The smallest absolute Gasteiger partial charge is 0.128 e. The van der Waals surface area contributed by atoms with Crippen molar-refractivity contribution in [1.82, 2.24) is 0 Å². The Hall–Kier alpha value is -1.12. The van der Waals surface area contributed by atoms with Gasteiger partial charge in [0.05, 0.1) is 0 Å². The van der Waals surface area contributed by atoms with Crippen LogP contribution in [0.25, 0.3) is 0 Å². The second-order valence-corrected chi connectivity index (χ2v) is 5.76. The highest BCUT2D eigenvalue weighted by Gasteiger charge is 2.34. The lowest BCUT2D eigenvalue weighted by atomic mass is 9.82. The van der Waals surface area contributed by atoms with Crippen molar-refractivity contribution >= 4 is 5.69 Å². The minimum Gasteiger partial charge on any atom is -0.382 e. The molecule has 2 atom stereocenters. The molecule has 0 radical (unpaired) electrons. The van der Waals surface area contributed by atoms with Crippen LogP contribution in [0.2, 0.25) is 0 Å². The van der Waals surface area contributed by atoms with Crippen LogP contribution in [0.3, 0.4) is 0 Å². The van der Waals surface area contributed by atoms with Crippen LogP contribution in [0.5, 0.6) is 0 Å². The Morgan fingerprint density at radius 1 is 0.889 bits per heavy atom. The van der Waals surface area contributed by atoms with Gasteiger partial charge in [0, 0.05) is 17.8 Å². The molecule has 0 saturated heterocycles. The maximum absolute atomic E-state index is 13.1. The number of nitrogens with one attached hydrogen (secondary N) is 1. The number of rotatable bonds is 3. The van der Waals surface area contributed by atoms with E-state index in [-0.39, 0.29) is 0 Å². The lowest BCUT2D eigenvalue weighted by molar-refractivity contribution is 0.303. The quantitative estimate of drug-likeness (QED) is 0.842. The topological polar surface area (TPSA) is 12.0 Å². The Bertz CT molecular complexity index is 408. The summed E-state index contributed by atoms with van der Waals surface area (Å²) in [6.45, 7) is 0. The molecule has 0 spiro atoms. The van der Waals surface area contributed by atoms with Crippen LogP contribution in [-0.2, 0) is 0 Å². The van der Waals surface area contributed by atoms with Gasteiger partial charge in [0.15, 0.2) is 0 Å². The molecule has 1 N–H and O–H groups in total. The molecule has 2 aliphatic carbocycles. The highest BCUT2D eigenvalue weighted by molar-refractivity contribution is 5.44. The Morgan fingerprint density at radius 3 is 2.28 bits per heavy atom. The van der Waals surface area contributed by atoms with E-state index in [1.807, 2.05) is 0 Å². The van der Waals surface area contributed by atoms with Crippen molar-refractivity contribution in [2.24, 2.45) is 11.8 Å². The number of hydrogen-bond acceptors (Lipinski definition) is 1. The van der Waals surface area contributed by atoms with Crippen molar-refractivity contribution in [2.45, 2.75) is 44.6 Å². The Labute approximate surface area is 107 Å². The van der Waals surface area contributed by atoms with Crippen molar-refractivity contribution < 1.29 is 8.78 Å². The van der Waals surface area contributed by atoms with E-state index in [1.54, 1.807) is 0 Å². The molecule has 0 amide bonds. The van der Waals surface area contributed by atoms with Gasteiger partial charge in [0.25, 0.3) is 0 Å². The first-order valence-corrected chi connectivity index (χ1v) is 6.93. The van der Waals surface area contributed by atoms with Gasteiger partial charge in [-0.05, 0) is 49.7 Å². The summed E-state index contributed by atoms with van der Waals surface area (Å²) in [5, 5.41) is 3.30. The van der Waals surface area contributed by atoms with Crippen LogP contribution in [0.15, 0.2) is 18.2 Å². The molecule has 2 saturated carbocycles. The van der Waals surface area contributed by atoms with Gasteiger partial charge in [-0.15, -0.1) is 0 Å². The predicted octanol–water partition coefficient (Wildman–Crippen LogP) is 4.35. The Balaban J connectivity index is 1.64. The average molecular weight is 251 g/mol. The number of halogens is 2. The third-order valence-corrected chi connectivity index (χ3v) is 4.24. The zero-order chi connectivity index (χ0) is 12.5. The Kier molecular flexibility index (Phi) is 3.23. The molecule has 18 heavy (non-hydrogen) atoms. The zero-order valence-electron chi connectivity index (χ0n) is 10.5. The second-order valence-electron chi connectivity index (χ2n) is 5.76. The van der Waals surface area contributed by atoms with E-state index in [0.717, 1.165) is 30.7 Å². The number of hydrogen-bond donors (Lipinski definition) is 1. The summed E-state index contributed by atoms with van der Waals surface area (Å²) >= 11 is 0. The molecule has 2 aliphatic rings. The van der Waals surface area contributed by atoms with E-state index in [4.69, 9.17) is 0 Å². The van der Waals surface area contributed by atoms with Gasteiger partial charge in [-0.3, -0.25) is 0 Å². The summed E-state index contributed by atoms with van der Waals surface area (Å²) in [7, 11) is 0. The molecular weight excluding hydrogens is 232 g/mol. The summed E-state index contributed by atoms with van der Waals surface area (Å²) in [6.07, 6.45) is 7.60. The van der Waals surface area contributed by atoms with Crippen LogP contribution in [0, 0.1) is 23.5 Å². The molecule has 1 aromatic carbocycles. The fourth-order valence-corrected chi connectivity index (χ4v) is 3.23. The summed E-state index contributed by atoms with van der Waals surface area (Å²) in [5.41, 5.74) is 0.578. The molecule has 0 bridgehead atoms. The first-order chi connectivity index (χ1) is 8.70. The molecule has 98 valence electrons. The van der Waals surface area contributed by atoms with Gasteiger partial charge in [-0.2, -0.15) is 0 Å². The SMILES string of the molecule is Fc1cc(F)cc(NC2CCCC(C3CC3)C2)c1. The normalized spacial score (nSPS) is 28.1. The molecule has 0 heterocycles. The van der Waals surface area contributed by atoms with Gasteiger partial charge >= 0.3 is 0 Å². The first kappa shape index (κ1) is 11.9. The minimum absolute atomic E-state index is 0.380. The summed E-state index contributed by atoms with van der Waals surface area (Å²) < 4.78 is 26.2. The number of benzene rings is 1. The molecule has 1 aromatic rings. The summed E-state index contributed by atoms with van der Waals surface area (Å²) in [6, 6.07) is 4.05. The van der Waals surface area contributed by atoms with Crippen molar-refractivity contribution in [3.8, 4) is 0 Å². The van der Waals surface area contributed by atoms with Gasteiger partial charge < -0.3 is 5.32 Å². The van der Waals surface area contributed by atoms with Crippen molar-refractivity contribution in [3.63, 3.8) is 0 Å². The molecular formula is C15H19F2N. The first-order valence-electron chi connectivity index (χ1n) is 6.93. The predicted molar refractivity (Wildman–Crippen MR) is 68.5 cm³/mol. The summed E-state index contributed by atoms with van der Waals surface area (Å²) in [4.78, 5) is 0. The molecule has 2 fully saturated rings. The van der Waals surface area contributed by atoms with E-state index in [2.05, 4.69) is 5.32 Å². The van der Waals surface area contributed by atoms with Gasteiger partial charge in [0.1, 0.15) is 11.6 Å². The highest BCUT2D eigenvalue weighted by atomic mass is 19.1. The Morgan fingerprint density at radius 2 is 1.61 bits per heavy atom. The molecule has 0 aromatic heterocycles. The molecule has 0 aliphatic heterocycles. The van der Waals surface area contributed by atoms with Gasteiger partial charge in [0.2, 0.25) is 0 Å². The maximum atomic E-state index is 13.1. The monoisotopic (exact) mass is 251 g/mol. The fourth-order valence-electron chi connectivity index (χ4n) is 3.23. The van der Waals surface area contributed by atoms with Crippen LogP contribution < -0.4 is 5.32 Å². The maximum Gasteiger partial charge on any atom is 0.128 e. The largest absolute Gasteiger partial charge is 0.382 e. The lowest BCUT2D eigenvalue weighted by Gasteiger charge is -2.30. The number of anilines is 1. The van der Waals surface area contributed by atoms with Crippen LogP contribution in [-0.4, -0.2) is 6.04 Å². The zero-order valence-corrected chi connectivity index (χ0v) is 10.5. The van der Waals surface area contributed by atoms with Crippen molar-refractivity contribution in [2.75, 3.05) is 5.32 Å². The highest BCUT2D eigenvalue weighted by Crippen LogP contribution is 2.44. The van der Waals surface area contributed by atoms with Gasteiger partial charge in [-0.25, -0.2) is 8.78 Å². The second kappa shape index (κ2) is 4.87. The van der Waals surface area contributed by atoms with Crippen LogP contribution >= 0.6 is 0 Å². The van der Waals surface area contributed by atoms with Crippen molar-refractivity contribution in [1.29, 1.82) is 0 Å². The average Bonchev–Trinajstić information content (AvgIpc) is 3.11. The lowest BCUT2D eigenvalue weighted by Crippen LogP contribution is -2.28. The molecule has 2 unspecified atom stereocenters. The molecule has 3 rings (SSSR count). The summed E-state index contributed by atoms with van der Waals surface area (Å²) in [5.74, 6) is 0.743. The van der Waals surface area contributed by atoms with E-state index >= 15 is 0 Å². The third kappa shape index (κ3) is 2.82. The molecule has 3 heteroatoms. The fraction of sp³-hybridized carbons (Fsp3) is 0.600. The van der Waals surface area contributed by atoms with E-state index < -0.39 is 11.6 Å². The van der Waals surface area contributed by atoms with Gasteiger partial charge in [-0.1, -0.05) is 12.8 Å². The van der Waals surface area contributed by atoms with E-state index in [0.29, 0.717) is 11.7 Å². The van der Waals surface area contributed by atoms with Crippen molar-refractivity contribution in [3.05, 3.63) is 29.8 Å². The molecule has 1 nitrogen and oxygen atoms in total. The minimum atomic E-state index is -0.507. The van der Waals surface area contributed by atoms with E-state index in [9.17, 15) is 8.78 Å². The van der Waals surface area contributed by atoms with Crippen LogP contribution in [0.4, 0.5) is 14.5 Å². The third-order valence-electron chi connectivity index (χ3n) is 4.24. The van der Waals surface area contributed by atoms with E-state index in [1.165, 1.54) is 37.8 Å². The standard InChI is InChI=1S/C15H19F2N/c16-12-7-13(17)9-15(8-12)18-14-3-1-2-11(6-14)10-4-5-10/h7-11,14,18H,1-6H2.